The first kappa shape index (κ1) is 20.0. The third-order valence-corrected chi connectivity index (χ3v) is 5.32. The van der Waals surface area contributed by atoms with E-state index in [-0.39, 0.29) is 29.1 Å². The molecule has 2 amide bonds. The predicted octanol–water partition coefficient (Wildman–Crippen LogP) is 2.51. The molecule has 148 valence electrons. The third-order valence-electron chi connectivity index (χ3n) is 4.30. The number of benzene rings is 2. The number of carbonyl (C=O) groups excluding carboxylic acids is 2. The second-order valence-corrected chi connectivity index (χ2v) is 7.30. The zero-order chi connectivity index (χ0) is 19.9. The van der Waals surface area contributed by atoms with Gasteiger partial charge in [0.2, 0.25) is 11.8 Å². The number of nitrogens with one attached hydrogen (secondary N) is 3. The minimum absolute atomic E-state index is 0.0395. The summed E-state index contributed by atoms with van der Waals surface area (Å²) in [6.45, 7) is 0. The van der Waals surface area contributed by atoms with E-state index in [4.69, 9.17) is 9.47 Å². The van der Waals surface area contributed by atoms with E-state index in [1.54, 1.807) is 25.3 Å². The van der Waals surface area contributed by atoms with Crippen LogP contribution in [0.5, 0.6) is 11.5 Å². The minimum Gasteiger partial charge on any atom is -0.497 e. The summed E-state index contributed by atoms with van der Waals surface area (Å²) in [5, 5.41) is 9.06. The second kappa shape index (κ2) is 9.48. The van der Waals surface area contributed by atoms with Gasteiger partial charge in [-0.15, -0.1) is 11.8 Å². The van der Waals surface area contributed by atoms with Crippen LogP contribution in [-0.4, -0.2) is 37.3 Å². The molecule has 1 aliphatic heterocycles. The highest BCUT2D eigenvalue weighted by Crippen LogP contribution is 2.29. The van der Waals surface area contributed by atoms with Gasteiger partial charge in [-0.05, 0) is 17.7 Å². The Morgan fingerprint density at radius 1 is 1.18 bits per heavy atom. The lowest BCUT2D eigenvalue weighted by molar-refractivity contribution is -0.123. The molecule has 0 saturated carbocycles. The highest BCUT2D eigenvalue weighted by Gasteiger charge is 2.27. The number of methoxy groups -OCH3 is 2. The van der Waals surface area contributed by atoms with Crippen molar-refractivity contribution in [3.8, 4) is 11.5 Å². The van der Waals surface area contributed by atoms with E-state index < -0.39 is 0 Å². The molecule has 1 heterocycles. The van der Waals surface area contributed by atoms with Crippen LogP contribution in [-0.2, 0) is 9.59 Å². The molecule has 7 nitrogen and oxygen atoms in total. The molecule has 0 aromatic heterocycles. The Labute approximate surface area is 168 Å². The van der Waals surface area contributed by atoms with Crippen molar-refractivity contribution in [3.05, 3.63) is 54.1 Å². The maximum absolute atomic E-state index is 12.4. The lowest BCUT2D eigenvalue weighted by atomic mass is 10.0. The van der Waals surface area contributed by atoms with Crippen LogP contribution < -0.4 is 25.4 Å². The molecule has 2 aromatic rings. The lowest BCUT2D eigenvalue weighted by Gasteiger charge is -2.31. The van der Waals surface area contributed by atoms with Crippen LogP contribution >= 0.6 is 11.8 Å². The molecule has 0 radical (unpaired) electrons. The number of thioether (sulfide) groups is 1. The summed E-state index contributed by atoms with van der Waals surface area (Å²) in [5.74, 6) is 1.11. The van der Waals surface area contributed by atoms with E-state index >= 15 is 0 Å². The van der Waals surface area contributed by atoms with Crippen LogP contribution in [0.4, 0.5) is 5.69 Å². The molecule has 1 fully saturated rings. The van der Waals surface area contributed by atoms with Crippen LogP contribution in [0.15, 0.2) is 48.5 Å². The summed E-state index contributed by atoms with van der Waals surface area (Å²) in [6, 6.07) is 14.9. The second-order valence-electron chi connectivity index (χ2n) is 6.21. The molecule has 0 bridgehead atoms. The molecule has 3 rings (SSSR count). The molecular weight excluding hydrogens is 378 g/mol. The normalized spacial score (nSPS) is 18.9. The first-order chi connectivity index (χ1) is 13.6. The number of ether oxygens (including phenoxy) is 2. The largest absolute Gasteiger partial charge is 0.497 e. The van der Waals surface area contributed by atoms with E-state index in [2.05, 4.69) is 16.0 Å². The van der Waals surface area contributed by atoms with E-state index in [0.29, 0.717) is 23.6 Å². The van der Waals surface area contributed by atoms with Crippen LogP contribution in [0.3, 0.4) is 0 Å². The zero-order valence-electron chi connectivity index (χ0n) is 15.7. The molecule has 3 N–H and O–H groups in total. The highest BCUT2D eigenvalue weighted by atomic mass is 32.2. The predicted molar refractivity (Wildman–Crippen MR) is 110 cm³/mol. The maximum Gasteiger partial charge on any atom is 0.234 e. The summed E-state index contributed by atoms with van der Waals surface area (Å²) in [5.41, 5.74) is 1.28. The quantitative estimate of drug-likeness (QED) is 0.661. The first-order valence-corrected chi connectivity index (χ1v) is 9.87. The van der Waals surface area contributed by atoms with Crippen molar-refractivity contribution in [1.82, 2.24) is 10.6 Å². The van der Waals surface area contributed by atoms with E-state index in [0.717, 1.165) is 5.56 Å². The van der Waals surface area contributed by atoms with Gasteiger partial charge in [0.25, 0.3) is 0 Å². The summed E-state index contributed by atoms with van der Waals surface area (Å²) in [6.07, 6.45) is 0.371. The Balaban J connectivity index is 1.56. The monoisotopic (exact) mass is 401 g/mol. The van der Waals surface area contributed by atoms with Crippen molar-refractivity contribution < 1.29 is 19.1 Å². The Morgan fingerprint density at radius 2 is 1.96 bits per heavy atom. The molecule has 0 aliphatic carbocycles. The smallest absolute Gasteiger partial charge is 0.234 e. The zero-order valence-corrected chi connectivity index (χ0v) is 16.5. The van der Waals surface area contributed by atoms with Gasteiger partial charge in [0.1, 0.15) is 17.0 Å². The number of carbonyl (C=O) groups is 2. The summed E-state index contributed by atoms with van der Waals surface area (Å²) in [4.78, 5) is 24.4. The van der Waals surface area contributed by atoms with Crippen molar-refractivity contribution in [1.29, 1.82) is 0 Å². The molecule has 2 aromatic carbocycles. The van der Waals surface area contributed by atoms with Crippen molar-refractivity contribution in [2.45, 2.75) is 18.0 Å². The summed E-state index contributed by atoms with van der Waals surface area (Å²) >= 11 is 1.33. The Hall–Kier alpha value is -2.71. The molecule has 1 saturated heterocycles. The van der Waals surface area contributed by atoms with Gasteiger partial charge < -0.3 is 20.1 Å². The molecule has 2 atom stereocenters. The van der Waals surface area contributed by atoms with Crippen molar-refractivity contribution in [2.24, 2.45) is 0 Å². The number of hydrogen-bond acceptors (Lipinski definition) is 6. The maximum atomic E-state index is 12.4. The fourth-order valence-electron chi connectivity index (χ4n) is 2.91. The van der Waals surface area contributed by atoms with Crippen molar-refractivity contribution in [2.75, 3.05) is 25.3 Å². The van der Waals surface area contributed by atoms with Crippen molar-refractivity contribution >= 4 is 29.3 Å². The van der Waals surface area contributed by atoms with Gasteiger partial charge in [0.05, 0.1) is 25.7 Å². The fraction of sp³-hybridized carbons (Fsp3) is 0.300. The number of rotatable bonds is 7. The molecule has 1 aliphatic rings. The van der Waals surface area contributed by atoms with Crippen LogP contribution in [0.2, 0.25) is 0 Å². The Bertz CT molecular complexity index is 831. The third kappa shape index (κ3) is 5.17. The highest BCUT2D eigenvalue weighted by molar-refractivity contribution is 8.00. The molecule has 2 unspecified atom stereocenters. The van der Waals surface area contributed by atoms with Gasteiger partial charge in [0, 0.05) is 18.5 Å². The van der Waals surface area contributed by atoms with E-state index in [1.165, 1.54) is 18.9 Å². The number of hydrogen-bond donors (Lipinski definition) is 3. The van der Waals surface area contributed by atoms with Gasteiger partial charge >= 0.3 is 0 Å². The Morgan fingerprint density at radius 3 is 2.68 bits per heavy atom. The van der Waals surface area contributed by atoms with E-state index in [1.807, 2.05) is 30.3 Å². The van der Waals surface area contributed by atoms with Gasteiger partial charge in [-0.25, -0.2) is 0 Å². The van der Waals surface area contributed by atoms with Crippen LogP contribution in [0.25, 0.3) is 0 Å². The minimum atomic E-state index is -0.338. The molecule has 8 heteroatoms. The number of amides is 2. The van der Waals surface area contributed by atoms with Gasteiger partial charge in [-0.2, -0.15) is 0 Å². The topological polar surface area (TPSA) is 88.7 Å². The molecule has 0 spiro atoms. The number of anilines is 1. The van der Waals surface area contributed by atoms with E-state index in [9.17, 15) is 9.59 Å². The van der Waals surface area contributed by atoms with Crippen LogP contribution in [0, 0.1) is 0 Å². The lowest BCUT2D eigenvalue weighted by Crippen LogP contribution is -2.51. The first-order valence-electron chi connectivity index (χ1n) is 8.83. The van der Waals surface area contributed by atoms with Gasteiger partial charge in [0.15, 0.2) is 0 Å². The SMILES string of the molecule is COc1ccc(NC(=O)CSC2NC(=O)CC(c3ccccc3)N2)c(OC)c1. The van der Waals surface area contributed by atoms with Crippen LogP contribution in [0.1, 0.15) is 18.0 Å². The average Bonchev–Trinajstić information content (AvgIpc) is 2.73. The summed E-state index contributed by atoms with van der Waals surface area (Å²) in [7, 11) is 3.10. The van der Waals surface area contributed by atoms with Gasteiger partial charge in [-0.3, -0.25) is 14.9 Å². The molecular formula is C20H23N3O4S. The fourth-order valence-corrected chi connectivity index (χ4v) is 3.78. The van der Waals surface area contributed by atoms with Crippen molar-refractivity contribution in [3.63, 3.8) is 0 Å². The van der Waals surface area contributed by atoms with Gasteiger partial charge in [-0.1, -0.05) is 30.3 Å². The average molecular weight is 401 g/mol. The molecule has 28 heavy (non-hydrogen) atoms. The Kier molecular flexibility index (Phi) is 6.78. The summed E-state index contributed by atoms with van der Waals surface area (Å²) < 4.78 is 10.4. The standard InChI is InChI=1S/C20H23N3O4S/c1-26-14-8-9-15(17(10-14)27-2)21-19(25)12-28-20-22-16(11-18(24)23-20)13-6-4-3-5-7-13/h3-10,16,20,22H,11-12H2,1-2H3,(H,21,25)(H,23,24).